The van der Waals surface area contributed by atoms with Crippen LogP contribution in [-0.4, -0.2) is 19.3 Å². The average molecular weight is 380 g/mol. The molecule has 0 bridgehead atoms. The van der Waals surface area contributed by atoms with Crippen molar-refractivity contribution in [2.75, 3.05) is 18.9 Å². The molecule has 3 aromatic rings. The Kier molecular flexibility index (Phi) is 5.33. The van der Waals surface area contributed by atoms with Gasteiger partial charge in [0.25, 0.3) is 0 Å². The quantitative estimate of drug-likeness (QED) is 0.608. The fourth-order valence-corrected chi connectivity index (χ4v) is 3.45. The molecular weight excluding hydrogens is 358 g/mol. The number of ether oxygens (including phenoxy) is 2. The van der Waals surface area contributed by atoms with E-state index >= 15 is 0 Å². The van der Waals surface area contributed by atoms with E-state index in [9.17, 15) is 0 Å². The lowest BCUT2D eigenvalue weighted by molar-refractivity contribution is 0.141. The Morgan fingerprint density at radius 1 is 0.963 bits per heavy atom. The van der Waals surface area contributed by atoms with Gasteiger partial charge in [0.2, 0.25) is 0 Å². The standard InChI is InChI=1S/C23H22ClNO2/c24-23-10-5-18(17-3-6-20(25)7-4-17)14-19(23)13-16-1-8-21(9-2-16)27-22-11-12-26-15-22/h1-10,14,22H,11-13,15,25H2/t22-/m1/s1. The highest BCUT2D eigenvalue weighted by Gasteiger charge is 2.17. The second kappa shape index (κ2) is 8.03. The molecule has 1 atom stereocenters. The van der Waals surface area contributed by atoms with Crippen LogP contribution in [0.1, 0.15) is 17.5 Å². The molecule has 0 radical (unpaired) electrons. The number of halogens is 1. The highest BCUT2D eigenvalue weighted by Crippen LogP contribution is 2.28. The number of nitrogens with two attached hydrogens (primary N) is 1. The Labute approximate surface area is 164 Å². The van der Waals surface area contributed by atoms with Crippen molar-refractivity contribution in [1.29, 1.82) is 0 Å². The molecule has 0 aliphatic carbocycles. The topological polar surface area (TPSA) is 44.5 Å². The Bertz CT molecular complexity index is 901. The molecule has 1 aliphatic heterocycles. The molecular formula is C23H22ClNO2. The minimum Gasteiger partial charge on any atom is -0.488 e. The third kappa shape index (κ3) is 4.44. The number of hydrogen-bond donors (Lipinski definition) is 1. The minimum absolute atomic E-state index is 0.168. The summed E-state index contributed by atoms with van der Waals surface area (Å²) in [7, 11) is 0. The molecule has 27 heavy (non-hydrogen) atoms. The van der Waals surface area contributed by atoms with Gasteiger partial charge in [-0.2, -0.15) is 0 Å². The van der Waals surface area contributed by atoms with Crippen LogP contribution in [0.2, 0.25) is 5.02 Å². The number of anilines is 1. The monoisotopic (exact) mass is 379 g/mol. The molecule has 1 fully saturated rings. The number of rotatable bonds is 5. The zero-order valence-corrected chi connectivity index (χ0v) is 15.8. The molecule has 0 spiro atoms. The third-order valence-electron chi connectivity index (χ3n) is 4.80. The summed E-state index contributed by atoms with van der Waals surface area (Å²) in [5.41, 5.74) is 11.1. The van der Waals surface area contributed by atoms with Crippen molar-refractivity contribution >= 4 is 17.3 Å². The van der Waals surface area contributed by atoms with Crippen LogP contribution < -0.4 is 10.5 Å². The Morgan fingerprint density at radius 2 is 1.70 bits per heavy atom. The van der Waals surface area contributed by atoms with Crippen LogP contribution >= 0.6 is 11.6 Å². The lowest BCUT2D eigenvalue weighted by atomic mass is 9.99. The summed E-state index contributed by atoms with van der Waals surface area (Å²) >= 11 is 6.44. The number of hydrogen-bond acceptors (Lipinski definition) is 3. The van der Waals surface area contributed by atoms with Gasteiger partial charge in [-0.25, -0.2) is 0 Å². The Morgan fingerprint density at radius 3 is 2.41 bits per heavy atom. The first-order valence-electron chi connectivity index (χ1n) is 9.15. The van der Waals surface area contributed by atoms with Crippen LogP contribution in [0.3, 0.4) is 0 Å². The normalized spacial score (nSPS) is 16.4. The first-order valence-corrected chi connectivity index (χ1v) is 9.53. The van der Waals surface area contributed by atoms with E-state index in [0.29, 0.717) is 6.61 Å². The molecule has 0 unspecified atom stereocenters. The summed E-state index contributed by atoms with van der Waals surface area (Å²) in [6, 6.07) is 22.3. The summed E-state index contributed by atoms with van der Waals surface area (Å²) in [6.07, 6.45) is 1.89. The largest absolute Gasteiger partial charge is 0.488 e. The Balaban J connectivity index is 1.49. The van der Waals surface area contributed by atoms with E-state index in [0.717, 1.165) is 52.6 Å². The van der Waals surface area contributed by atoms with Gasteiger partial charge in [-0.15, -0.1) is 0 Å². The predicted molar refractivity (Wildman–Crippen MR) is 110 cm³/mol. The van der Waals surface area contributed by atoms with E-state index in [1.165, 1.54) is 5.56 Å². The van der Waals surface area contributed by atoms with Gasteiger partial charge >= 0.3 is 0 Å². The van der Waals surface area contributed by atoms with Crippen LogP contribution in [0, 0.1) is 0 Å². The highest BCUT2D eigenvalue weighted by molar-refractivity contribution is 6.31. The van der Waals surface area contributed by atoms with E-state index in [1.54, 1.807) is 0 Å². The van der Waals surface area contributed by atoms with E-state index in [2.05, 4.69) is 18.2 Å². The van der Waals surface area contributed by atoms with Gasteiger partial charge < -0.3 is 15.2 Å². The molecule has 0 amide bonds. The van der Waals surface area contributed by atoms with E-state index < -0.39 is 0 Å². The van der Waals surface area contributed by atoms with Crippen molar-refractivity contribution in [2.45, 2.75) is 18.9 Å². The van der Waals surface area contributed by atoms with Crippen LogP contribution in [0.4, 0.5) is 5.69 Å². The number of nitrogen functional groups attached to an aromatic ring is 1. The molecule has 1 aliphatic rings. The molecule has 1 saturated heterocycles. The predicted octanol–water partition coefficient (Wildman–Crippen LogP) is 5.35. The second-order valence-corrected chi connectivity index (χ2v) is 7.26. The molecule has 0 aromatic heterocycles. The summed E-state index contributed by atoms with van der Waals surface area (Å²) in [4.78, 5) is 0. The lowest BCUT2D eigenvalue weighted by Crippen LogP contribution is -2.15. The molecule has 3 nitrogen and oxygen atoms in total. The van der Waals surface area contributed by atoms with Crippen LogP contribution in [0.15, 0.2) is 66.7 Å². The van der Waals surface area contributed by atoms with Crippen LogP contribution in [-0.2, 0) is 11.2 Å². The molecule has 4 heteroatoms. The second-order valence-electron chi connectivity index (χ2n) is 6.85. The van der Waals surface area contributed by atoms with Crippen molar-refractivity contribution in [3.05, 3.63) is 82.9 Å². The summed E-state index contributed by atoms with van der Waals surface area (Å²) < 4.78 is 11.3. The van der Waals surface area contributed by atoms with Crippen molar-refractivity contribution < 1.29 is 9.47 Å². The van der Waals surface area contributed by atoms with Gasteiger partial charge in [0.15, 0.2) is 0 Å². The fourth-order valence-electron chi connectivity index (χ4n) is 3.27. The van der Waals surface area contributed by atoms with Crippen molar-refractivity contribution in [3.8, 4) is 16.9 Å². The van der Waals surface area contributed by atoms with Crippen LogP contribution in [0.5, 0.6) is 5.75 Å². The maximum absolute atomic E-state index is 6.44. The highest BCUT2D eigenvalue weighted by atomic mass is 35.5. The van der Waals surface area contributed by atoms with E-state index in [4.69, 9.17) is 26.8 Å². The Hall–Kier alpha value is -2.49. The number of benzene rings is 3. The molecule has 4 rings (SSSR count). The maximum atomic E-state index is 6.44. The van der Waals surface area contributed by atoms with Gasteiger partial charge in [0.1, 0.15) is 11.9 Å². The van der Waals surface area contributed by atoms with Gasteiger partial charge in [0.05, 0.1) is 13.2 Å². The van der Waals surface area contributed by atoms with Gasteiger partial charge in [0, 0.05) is 17.1 Å². The lowest BCUT2D eigenvalue weighted by Gasteiger charge is -2.13. The van der Waals surface area contributed by atoms with Crippen molar-refractivity contribution in [2.24, 2.45) is 0 Å². The minimum atomic E-state index is 0.168. The van der Waals surface area contributed by atoms with Gasteiger partial charge in [-0.1, -0.05) is 41.9 Å². The third-order valence-corrected chi connectivity index (χ3v) is 5.17. The molecule has 2 N–H and O–H groups in total. The SMILES string of the molecule is Nc1ccc(-c2ccc(Cl)c(Cc3ccc(O[C@@H]4CCOC4)cc3)c2)cc1. The van der Waals surface area contributed by atoms with Gasteiger partial charge in [-0.3, -0.25) is 0 Å². The summed E-state index contributed by atoms with van der Waals surface area (Å²) in [6.45, 7) is 1.46. The molecule has 0 saturated carbocycles. The molecule has 3 aromatic carbocycles. The van der Waals surface area contributed by atoms with Crippen LogP contribution in [0.25, 0.3) is 11.1 Å². The first kappa shape index (κ1) is 17.9. The van der Waals surface area contributed by atoms with Gasteiger partial charge in [-0.05, 0) is 65.1 Å². The van der Waals surface area contributed by atoms with Crippen molar-refractivity contribution in [1.82, 2.24) is 0 Å². The fraction of sp³-hybridized carbons (Fsp3) is 0.217. The zero-order chi connectivity index (χ0) is 18.6. The maximum Gasteiger partial charge on any atom is 0.124 e. The first-order chi connectivity index (χ1) is 13.2. The molecule has 138 valence electrons. The van der Waals surface area contributed by atoms with E-state index in [-0.39, 0.29) is 6.10 Å². The smallest absolute Gasteiger partial charge is 0.124 e. The molecule has 1 heterocycles. The summed E-state index contributed by atoms with van der Waals surface area (Å²) in [5.74, 6) is 0.885. The zero-order valence-electron chi connectivity index (χ0n) is 15.0. The summed E-state index contributed by atoms with van der Waals surface area (Å²) in [5, 5.41) is 0.776. The van der Waals surface area contributed by atoms with Crippen molar-refractivity contribution in [3.63, 3.8) is 0 Å². The average Bonchev–Trinajstić information content (AvgIpc) is 3.19. The van der Waals surface area contributed by atoms with E-state index in [1.807, 2.05) is 48.5 Å².